The zero-order valence-corrected chi connectivity index (χ0v) is 25.8. The second-order valence-corrected chi connectivity index (χ2v) is 12.7. The van der Waals surface area contributed by atoms with Crippen LogP contribution in [0.1, 0.15) is 28.9 Å². The number of hydrogen-bond donors (Lipinski definition) is 2. The molecule has 9 aromatic rings. The predicted octanol–water partition coefficient (Wildman–Crippen LogP) is 9.83. The molecule has 222 valence electrons. The van der Waals surface area contributed by atoms with E-state index in [9.17, 15) is 0 Å². The number of nitrogens with zero attached hydrogens (tertiary/aromatic N) is 1. The molecule has 2 heterocycles. The molecular formula is C44H32N3+. The van der Waals surface area contributed by atoms with Gasteiger partial charge >= 0.3 is 0 Å². The Hall–Kier alpha value is -5.74. The molecule has 0 bridgehead atoms. The van der Waals surface area contributed by atoms with Gasteiger partial charge < -0.3 is 4.57 Å². The van der Waals surface area contributed by atoms with E-state index in [2.05, 4.69) is 179 Å². The van der Waals surface area contributed by atoms with Gasteiger partial charge in [0.05, 0.1) is 17.1 Å². The summed E-state index contributed by atoms with van der Waals surface area (Å²) in [5.74, 6) is 0. The number of fused-ring (bicyclic) bond motifs is 9. The highest BCUT2D eigenvalue weighted by Gasteiger charge is 2.32. The minimum absolute atomic E-state index is 0.0777. The molecule has 0 radical (unpaired) electrons. The fraction of sp³-hybridized carbons (Fsp3) is 0.0455. The standard InChI is InChI=1S/C44H31N3/c1-4-14-33-28(10-1)13-9-18-36(33)43-37-17-7-8-19-38(37)45-44(46-43)31-20-24-32(25-21-31)47-39-26-22-29-11-2-5-15-34(29)41(39)42-35-16-6-3-12-30(35)23-27-40(42)47/h1-27,43-46H/p+1. The maximum Gasteiger partial charge on any atom is 0.171 e. The molecule has 0 spiro atoms. The normalized spacial score (nSPS) is 16.3. The van der Waals surface area contributed by atoms with Gasteiger partial charge in [0.15, 0.2) is 6.17 Å². The minimum Gasteiger partial charge on any atom is -0.309 e. The Morgan fingerprint density at radius 1 is 0.447 bits per heavy atom. The predicted molar refractivity (Wildman–Crippen MR) is 195 cm³/mol. The van der Waals surface area contributed by atoms with E-state index < -0.39 is 0 Å². The van der Waals surface area contributed by atoms with E-state index in [1.807, 2.05) is 0 Å². The van der Waals surface area contributed by atoms with Crippen molar-refractivity contribution in [2.45, 2.75) is 12.2 Å². The van der Waals surface area contributed by atoms with E-state index in [1.165, 1.54) is 82.2 Å². The molecule has 1 aliphatic heterocycles. The average Bonchev–Trinajstić information content (AvgIpc) is 3.50. The van der Waals surface area contributed by atoms with E-state index in [4.69, 9.17) is 0 Å². The van der Waals surface area contributed by atoms with Gasteiger partial charge in [-0.1, -0.05) is 121 Å². The van der Waals surface area contributed by atoms with Gasteiger partial charge in [-0.25, -0.2) is 0 Å². The number of quaternary nitrogens is 1. The van der Waals surface area contributed by atoms with Crippen molar-refractivity contribution in [2.75, 3.05) is 0 Å². The summed E-state index contributed by atoms with van der Waals surface area (Å²) in [7, 11) is 0. The Bertz CT molecular complexity index is 2550. The number of hydrogen-bond acceptors (Lipinski definition) is 1. The van der Waals surface area contributed by atoms with Crippen molar-refractivity contribution in [3.63, 3.8) is 0 Å². The van der Waals surface area contributed by atoms with Crippen molar-refractivity contribution >= 4 is 59.8 Å². The van der Waals surface area contributed by atoms with Gasteiger partial charge in [0.25, 0.3) is 0 Å². The van der Waals surface area contributed by atoms with Gasteiger partial charge in [-0.3, -0.25) is 10.6 Å². The molecule has 1 aromatic heterocycles. The monoisotopic (exact) mass is 602 g/mol. The zero-order valence-electron chi connectivity index (χ0n) is 25.8. The van der Waals surface area contributed by atoms with Crippen LogP contribution < -0.4 is 10.6 Å². The van der Waals surface area contributed by atoms with Gasteiger partial charge in [0, 0.05) is 27.6 Å². The second kappa shape index (κ2) is 10.4. The number of benzene rings is 8. The first-order valence-electron chi connectivity index (χ1n) is 16.4. The molecule has 0 saturated carbocycles. The third-order valence-corrected chi connectivity index (χ3v) is 10.2. The number of rotatable bonds is 3. The maximum atomic E-state index is 4.03. The Morgan fingerprint density at radius 2 is 0.979 bits per heavy atom. The molecule has 0 saturated heterocycles. The first-order valence-corrected chi connectivity index (χ1v) is 16.4. The highest BCUT2D eigenvalue weighted by atomic mass is 15.2. The summed E-state index contributed by atoms with van der Waals surface area (Å²) in [5, 5.41) is 16.7. The lowest BCUT2D eigenvalue weighted by Crippen LogP contribution is -2.85. The molecule has 3 N–H and O–H groups in total. The van der Waals surface area contributed by atoms with Crippen molar-refractivity contribution in [3.05, 3.63) is 180 Å². The lowest BCUT2D eigenvalue weighted by Gasteiger charge is -2.32. The van der Waals surface area contributed by atoms with E-state index >= 15 is 0 Å². The Labute approximate surface area is 272 Å². The lowest BCUT2D eigenvalue weighted by molar-refractivity contribution is -0.630. The lowest BCUT2D eigenvalue weighted by atomic mass is 9.90. The van der Waals surface area contributed by atoms with Gasteiger partial charge in [-0.2, -0.15) is 0 Å². The zero-order chi connectivity index (χ0) is 30.9. The fourth-order valence-electron chi connectivity index (χ4n) is 8.03. The van der Waals surface area contributed by atoms with E-state index in [-0.39, 0.29) is 12.2 Å². The molecule has 47 heavy (non-hydrogen) atoms. The number of nitrogens with one attached hydrogen (secondary N) is 1. The topological polar surface area (TPSA) is 33.6 Å². The van der Waals surface area contributed by atoms with Crippen molar-refractivity contribution in [2.24, 2.45) is 0 Å². The quantitative estimate of drug-likeness (QED) is 0.194. The van der Waals surface area contributed by atoms with Crippen molar-refractivity contribution < 1.29 is 5.32 Å². The van der Waals surface area contributed by atoms with Crippen LogP contribution in [0.3, 0.4) is 0 Å². The molecule has 2 atom stereocenters. The van der Waals surface area contributed by atoms with E-state index in [1.54, 1.807) is 0 Å². The van der Waals surface area contributed by atoms with Crippen LogP contribution in [0.15, 0.2) is 164 Å². The molecule has 0 fully saturated rings. The highest BCUT2D eigenvalue weighted by Crippen LogP contribution is 2.41. The van der Waals surface area contributed by atoms with Crippen LogP contribution in [0.2, 0.25) is 0 Å². The Morgan fingerprint density at radius 3 is 1.66 bits per heavy atom. The van der Waals surface area contributed by atoms with E-state index in [0.717, 1.165) is 0 Å². The van der Waals surface area contributed by atoms with Crippen LogP contribution in [0.5, 0.6) is 0 Å². The highest BCUT2D eigenvalue weighted by molar-refractivity contribution is 6.28. The van der Waals surface area contributed by atoms with Gasteiger partial charge in [-0.05, 0) is 80.3 Å². The smallest absolute Gasteiger partial charge is 0.171 e. The second-order valence-electron chi connectivity index (χ2n) is 12.7. The maximum absolute atomic E-state index is 4.03. The average molecular weight is 603 g/mol. The van der Waals surface area contributed by atoms with Crippen molar-refractivity contribution in [3.8, 4) is 5.69 Å². The number of para-hydroxylation sites is 1. The van der Waals surface area contributed by atoms with Gasteiger partial charge in [0.2, 0.25) is 0 Å². The fourth-order valence-corrected chi connectivity index (χ4v) is 8.03. The summed E-state index contributed by atoms with van der Waals surface area (Å²) in [5.41, 5.74) is 8.81. The third-order valence-electron chi connectivity index (χ3n) is 10.2. The van der Waals surface area contributed by atoms with Crippen LogP contribution in [-0.2, 0) is 0 Å². The molecule has 1 aliphatic rings. The first-order chi connectivity index (χ1) is 23.3. The van der Waals surface area contributed by atoms with Crippen LogP contribution >= 0.6 is 0 Å². The molecule has 0 aliphatic carbocycles. The summed E-state index contributed by atoms with van der Waals surface area (Å²) >= 11 is 0. The first kappa shape index (κ1) is 26.5. The minimum atomic E-state index is 0.0777. The SMILES string of the molecule is c1ccc2c(c1)[NH2+]C(c1ccc(-n3c4ccc5ccccc5c4c4c5ccccc5ccc43)cc1)NC2c1cccc2ccccc12. The van der Waals surface area contributed by atoms with Gasteiger partial charge in [-0.15, -0.1) is 0 Å². The van der Waals surface area contributed by atoms with Crippen LogP contribution in [0, 0.1) is 0 Å². The summed E-state index contributed by atoms with van der Waals surface area (Å²) in [4.78, 5) is 0. The summed E-state index contributed by atoms with van der Waals surface area (Å²) in [6.07, 6.45) is 0.0777. The largest absolute Gasteiger partial charge is 0.309 e. The molecule has 3 heteroatoms. The van der Waals surface area contributed by atoms with Gasteiger partial charge in [0.1, 0.15) is 5.69 Å². The Balaban J connectivity index is 1.11. The van der Waals surface area contributed by atoms with Crippen molar-refractivity contribution in [1.29, 1.82) is 0 Å². The van der Waals surface area contributed by atoms with Crippen LogP contribution in [0.25, 0.3) is 59.8 Å². The summed E-state index contributed by atoms with van der Waals surface area (Å²) < 4.78 is 2.44. The summed E-state index contributed by atoms with van der Waals surface area (Å²) in [6.45, 7) is 0. The summed E-state index contributed by atoms with van der Waals surface area (Å²) in [6, 6.07) is 60.1. The number of aromatic nitrogens is 1. The molecule has 3 nitrogen and oxygen atoms in total. The molecule has 8 aromatic carbocycles. The number of nitrogens with two attached hydrogens (primary N) is 1. The van der Waals surface area contributed by atoms with Crippen LogP contribution in [0.4, 0.5) is 5.69 Å². The molecular weight excluding hydrogens is 571 g/mol. The molecule has 10 rings (SSSR count). The van der Waals surface area contributed by atoms with Crippen molar-refractivity contribution in [1.82, 2.24) is 9.88 Å². The molecule has 0 amide bonds. The third kappa shape index (κ3) is 4.07. The Kier molecular flexibility index (Phi) is 5.86. The molecule has 2 unspecified atom stereocenters. The van der Waals surface area contributed by atoms with E-state index in [0.29, 0.717) is 0 Å². The van der Waals surface area contributed by atoms with Crippen LogP contribution in [-0.4, -0.2) is 4.57 Å².